The quantitative estimate of drug-likeness (QED) is 0.0524. The Morgan fingerprint density at radius 3 is 2.16 bits per heavy atom. The molecular formula is C35H56FNO7S. The number of carbonyl (C=O) groups is 3. The Morgan fingerprint density at radius 1 is 0.956 bits per heavy atom. The fourth-order valence-corrected chi connectivity index (χ4v) is 5.87. The topological polar surface area (TPSA) is 122 Å². The van der Waals surface area contributed by atoms with E-state index in [0.29, 0.717) is 24.3 Å². The first-order valence-electron chi connectivity index (χ1n) is 16.6. The molecule has 0 unspecified atom stereocenters. The molecule has 10 heteroatoms. The van der Waals surface area contributed by atoms with E-state index in [-0.39, 0.29) is 6.42 Å². The lowest BCUT2D eigenvalue weighted by Crippen LogP contribution is -2.55. The zero-order valence-corrected chi connectivity index (χ0v) is 28.4. The molecule has 45 heavy (non-hydrogen) atoms. The second kappa shape index (κ2) is 24.6. The number of rotatable bonds is 27. The maximum absolute atomic E-state index is 13.4. The van der Waals surface area contributed by atoms with Crippen LogP contribution in [0.1, 0.15) is 103 Å². The van der Waals surface area contributed by atoms with Crippen LogP contribution in [-0.4, -0.2) is 71.6 Å². The first kappa shape index (κ1) is 40.4. The maximum atomic E-state index is 13.4. The van der Waals surface area contributed by atoms with E-state index in [1.54, 1.807) is 30.3 Å². The van der Waals surface area contributed by atoms with E-state index in [4.69, 9.17) is 9.47 Å². The van der Waals surface area contributed by atoms with E-state index >= 15 is 0 Å². The number of halogens is 1. The number of methoxy groups -OCH3 is 1. The van der Waals surface area contributed by atoms with E-state index in [2.05, 4.69) is 19.2 Å². The molecule has 0 aliphatic rings. The summed E-state index contributed by atoms with van der Waals surface area (Å²) in [5, 5.41) is 23.3. The van der Waals surface area contributed by atoms with Crippen molar-refractivity contribution in [3.05, 3.63) is 42.0 Å². The molecule has 0 spiro atoms. The number of carboxylic acids is 1. The van der Waals surface area contributed by atoms with Crippen LogP contribution in [0.15, 0.2) is 36.4 Å². The smallest absolute Gasteiger partial charge is 0.336 e. The summed E-state index contributed by atoms with van der Waals surface area (Å²) < 4.78 is 23.9. The van der Waals surface area contributed by atoms with Crippen molar-refractivity contribution in [2.45, 2.75) is 115 Å². The third-order valence-corrected chi connectivity index (χ3v) is 8.86. The van der Waals surface area contributed by atoms with Gasteiger partial charge >= 0.3 is 11.9 Å². The third kappa shape index (κ3) is 16.5. The Morgan fingerprint density at radius 2 is 1.58 bits per heavy atom. The molecule has 3 N–H and O–H groups in total. The number of carboxylic acid groups (broad SMARTS) is 1. The molecule has 0 heterocycles. The number of nitrogens with one attached hydrogen (secondary N) is 1. The molecule has 0 aliphatic heterocycles. The monoisotopic (exact) mass is 653 g/mol. The number of allylic oxidation sites excluding steroid dienone is 1. The molecule has 0 bridgehead atoms. The van der Waals surface area contributed by atoms with Gasteiger partial charge in [-0.3, -0.25) is 9.18 Å². The van der Waals surface area contributed by atoms with Crippen molar-refractivity contribution in [3.63, 3.8) is 0 Å². The normalized spacial score (nSPS) is 14.1. The van der Waals surface area contributed by atoms with Gasteiger partial charge < -0.3 is 25.0 Å². The van der Waals surface area contributed by atoms with Crippen LogP contribution in [0.5, 0.6) is 5.75 Å². The number of hydrogen-bond donors (Lipinski definition) is 3. The number of amides is 1. The summed E-state index contributed by atoms with van der Waals surface area (Å²) in [7, 11) is 1.19. The summed E-state index contributed by atoms with van der Waals surface area (Å²) in [6, 6.07) is 5.93. The van der Waals surface area contributed by atoms with Crippen molar-refractivity contribution in [3.8, 4) is 5.75 Å². The summed E-state index contributed by atoms with van der Waals surface area (Å²) in [5.41, 5.74) is -1.97. The summed E-state index contributed by atoms with van der Waals surface area (Å²) >= 11 is 2.00. The maximum Gasteiger partial charge on any atom is 0.336 e. The molecule has 1 aromatic rings. The summed E-state index contributed by atoms with van der Waals surface area (Å²) in [4.78, 5) is 38.1. The number of alkyl halides is 1. The molecule has 0 aliphatic carbocycles. The van der Waals surface area contributed by atoms with Crippen LogP contribution >= 0.6 is 11.8 Å². The minimum Gasteiger partial charge on any atom is -0.494 e. The van der Waals surface area contributed by atoms with Gasteiger partial charge in [-0.05, 0) is 61.3 Å². The van der Waals surface area contributed by atoms with Crippen LogP contribution in [0, 0.1) is 5.92 Å². The second-order valence-electron chi connectivity index (χ2n) is 11.4. The van der Waals surface area contributed by atoms with Crippen LogP contribution in [0.3, 0.4) is 0 Å². The highest BCUT2D eigenvalue weighted by atomic mass is 32.2. The van der Waals surface area contributed by atoms with Gasteiger partial charge in [-0.2, -0.15) is 11.8 Å². The predicted molar refractivity (Wildman–Crippen MR) is 179 cm³/mol. The molecule has 0 saturated heterocycles. The van der Waals surface area contributed by atoms with Crippen molar-refractivity contribution in [2.24, 2.45) is 5.92 Å². The lowest BCUT2D eigenvalue weighted by Gasteiger charge is -2.30. The van der Waals surface area contributed by atoms with Gasteiger partial charge in [0.05, 0.1) is 26.3 Å². The van der Waals surface area contributed by atoms with E-state index in [0.717, 1.165) is 44.3 Å². The minimum absolute atomic E-state index is 0.0653. The number of benzene rings is 1. The van der Waals surface area contributed by atoms with Crippen molar-refractivity contribution in [2.75, 3.05) is 31.9 Å². The highest BCUT2D eigenvalue weighted by Gasteiger charge is 2.47. The first-order chi connectivity index (χ1) is 21.7. The van der Waals surface area contributed by atoms with Gasteiger partial charge in [0.15, 0.2) is 5.60 Å². The SMILES string of the molecule is CCCCCCCSCCCCCCC=C[C@H](C(=O)N[C@@H](Cc1ccc(OCCCC)cc1)C(=O)OC)[C@@](O)(CCF)C(=O)O. The van der Waals surface area contributed by atoms with Crippen molar-refractivity contribution in [1.29, 1.82) is 0 Å². The Kier molecular flexibility index (Phi) is 22.1. The lowest BCUT2D eigenvalue weighted by atomic mass is 9.83. The molecule has 1 amide bonds. The molecule has 0 saturated carbocycles. The van der Waals surface area contributed by atoms with E-state index in [1.807, 2.05) is 11.8 Å². The van der Waals surface area contributed by atoms with Crippen molar-refractivity contribution < 1.29 is 38.5 Å². The fraction of sp³-hybridized carbons (Fsp3) is 0.686. The van der Waals surface area contributed by atoms with Gasteiger partial charge in [-0.1, -0.05) is 83.1 Å². The third-order valence-electron chi connectivity index (χ3n) is 7.71. The van der Waals surface area contributed by atoms with Crippen LogP contribution < -0.4 is 10.1 Å². The van der Waals surface area contributed by atoms with Crippen LogP contribution in [0.2, 0.25) is 0 Å². The number of unbranched alkanes of at least 4 members (excludes halogenated alkanes) is 9. The standard InChI is InChI=1S/C35H56FNO7S/c1-4-6-8-12-15-25-45-26-16-13-10-9-11-14-17-30(35(42,22-23-36)34(40)41)32(38)37-31(33(39)43-3)27-28-18-20-29(21-19-28)44-24-7-5-2/h14,17-21,30-31,42H,4-13,15-16,22-27H2,1-3H3,(H,37,38)(H,40,41)/t30-,31+,35+/m1/s1. The zero-order chi connectivity index (χ0) is 33.3. The number of carbonyl (C=O) groups excluding carboxylic acids is 2. The summed E-state index contributed by atoms with van der Waals surface area (Å²) in [6.45, 7) is 3.75. The van der Waals surface area contributed by atoms with Gasteiger partial charge in [-0.15, -0.1) is 0 Å². The molecule has 1 rings (SSSR count). The molecule has 8 nitrogen and oxygen atoms in total. The van der Waals surface area contributed by atoms with Crippen molar-refractivity contribution in [1.82, 2.24) is 5.32 Å². The number of esters is 1. The molecular weight excluding hydrogens is 597 g/mol. The highest BCUT2D eigenvalue weighted by Crippen LogP contribution is 2.26. The predicted octanol–water partition coefficient (Wildman–Crippen LogP) is 7.07. The van der Waals surface area contributed by atoms with Gasteiger partial charge in [-0.25, -0.2) is 9.59 Å². The largest absolute Gasteiger partial charge is 0.494 e. The van der Waals surface area contributed by atoms with Gasteiger partial charge in [0.2, 0.25) is 5.91 Å². The number of aliphatic carboxylic acids is 1. The number of hydrogen-bond acceptors (Lipinski definition) is 7. The van der Waals surface area contributed by atoms with Gasteiger partial charge in [0.1, 0.15) is 11.8 Å². The van der Waals surface area contributed by atoms with E-state index < -0.39 is 48.5 Å². The van der Waals surface area contributed by atoms with E-state index in [9.17, 15) is 29.0 Å². The van der Waals surface area contributed by atoms with Gasteiger partial charge in [0.25, 0.3) is 0 Å². The molecule has 0 aromatic heterocycles. The zero-order valence-electron chi connectivity index (χ0n) is 27.6. The average molecular weight is 654 g/mol. The highest BCUT2D eigenvalue weighted by molar-refractivity contribution is 7.99. The lowest BCUT2D eigenvalue weighted by molar-refractivity contribution is -0.168. The fourth-order valence-electron chi connectivity index (χ4n) is 4.85. The van der Waals surface area contributed by atoms with Crippen LogP contribution in [0.25, 0.3) is 0 Å². The minimum atomic E-state index is -2.68. The molecule has 1 aromatic carbocycles. The summed E-state index contributed by atoms with van der Waals surface area (Å²) in [6.07, 6.45) is 15.3. The van der Waals surface area contributed by atoms with Crippen LogP contribution in [0.4, 0.5) is 4.39 Å². The number of thioether (sulfide) groups is 1. The Bertz CT molecular complexity index is 991. The Labute approximate surface area is 273 Å². The number of ether oxygens (including phenoxy) is 2. The number of aliphatic hydroxyl groups is 1. The molecule has 0 radical (unpaired) electrons. The van der Waals surface area contributed by atoms with Gasteiger partial charge in [0, 0.05) is 12.8 Å². The molecule has 256 valence electrons. The molecule has 0 fully saturated rings. The first-order valence-corrected chi connectivity index (χ1v) is 17.7. The van der Waals surface area contributed by atoms with E-state index in [1.165, 1.54) is 51.0 Å². The average Bonchev–Trinajstić information content (AvgIpc) is 3.03. The van der Waals surface area contributed by atoms with Crippen LogP contribution in [-0.2, 0) is 25.5 Å². The molecule has 3 atom stereocenters. The Hall–Kier alpha value is -2.59. The summed E-state index contributed by atoms with van der Waals surface area (Å²) in [5.74, 6) is -1.92. The van der Waals surface area contributed by atoms with Crippen molar-refractivity contribution >= 4 is 29.6 Å². The second-order valence-corrected chi connectivity index (χ2v) is 12.7. The Balaban J connectivity index is 2.78.